The molecule has 13 heavy (non-hydrogen) atoms. The molecule has 0 saturated carbocycles. The van der Waals surface area contributed by atoms with Crippen LogP contribution in [0.1, 0.15) is 19.3 Å². The third-order valence-electron chi connectivity index (χ3n) is 3.46. The van der Waals surface area contributed by atoms with Gasteiger partial charge in [0.05, 0.1) is 12.0 Å². The van der Waals surface area contributed by atoms with Gasteiger partial charge in [-0.15, -0.1) is 0 Å². The van der Waals surface area contributed by atoms with E-state index in [1.807, 2.05) is 0 Å². The molecule has 0 amide bonds. The lowest BCUT2D eigenvalue weighted by atomic mass is 9.71. The third-order valence-corrected chi connectivity index (χ3v) is 3.46. The number of nitrogens with one attached hydrogen (secondary N) is 1. The van der Waals surface area contributed by atoms with Gasteiger partial charge in [-0.05, 0) is 37.0 Å². The van der Waals surface area contributed by atoms with Crippen molar-refractivity contribution < 1.29 is 0 Å². The van der Waals surface area contributed by atoms with Crippen molar-refractivity contribution in [3.05, 3.63) is 22.8 Å². The van der Waals surface area contributed by atoms with Gasteiger partial charge in [-0.2, -0.15) is 5.26 Å². The van der Waals surface area contributed by atoms with E-state index in [9.17, 15) is 0 Å². The molecular formula is C11H12N2. The second-order valence-corrected chi connectivity index (χ2v) is 4.06. The largest absolute Gasteiger partial charge is 0.308 e. The summed E-state index contributed by atoms with van der Waals surface area (Å²) in [6, 6.07) is 2.80. The van der Waals surface area contributed by atoms with E-state index in [4.69, 9.17) is 5.26 Å². The lowest BCUT2D eigenvalue weighted by Crippen LogP contribution is -2.36. The van der Waals surface area contributed by atoms with Crippen LogP contribution in [-0.2, 0) is 0 Å². The minimum Gasteiger partial charge on any atom is -0.308 e. The highest BCUT2D eigenvalue weighted by atomic mass is 15.0. The van der Waals surface area contributed by atoms with Crippen molar-refractivity contribution in [3.8, 4) is 6.07 Å². The normalized spacial score (nSPS) is 35.8. The summed E-state index contributed by atoms with van der Waals surface area (Å²) in [6.45, 7) is 1.05. The zero-order valence-electron chi connectivity index (χ0n) is 7.51. The Morgan fingerprint density at radius 3 is 3.00 bits per heavy atom. The van der Waals surface area contributed by atoms with Crippen molar-refractivity contribution in [2.24, 2.45) is 5.92 Å². The van der Waals surface area contributed by atoms with Crippen molar-refractivity contribution in [2.75, 3.05) is 6.54 Å². The molecule has 3 aliphatic rings. The van der Waals surface area contributed by atoms with Gasteiger partial charge in [-0.3, -0.25) is 0 Å². The Labute approximate surface area is 77.9 Å². The van der Waals surface area contributed by atoms with Gasteiger partial charge in [0, 0.05) is 6.04 Å². The van der Waals surface area contributed by atoms with Gasteiger partial charge in [0.2, 0.25) is 0 Å². The second kappa shape index (κ2) is 2.46. The monoisotopic (exact) mass is 172 g/mol. The van der Waals surface area contributed by atoms with Crippen LogP contribution in [0, 0.1) is 17.2 Å². The third kappa shape index (κ3) is 0.855. The van der Waals surface area contributed by atoms with Gasteiger partial charge in [0.15, 0.2) is 0 Å². The zero-order valence-corrected chi connectivity index (χ0v) is 7.51. The molecular weight excluding hydrogens is 160 g/mol. The molecule has 2 heteroatoms. The fourth-order valence-corrected chi connectivity index (χ4v) is 2.66. The van der Waals surface area contributed by atoms with E-state index >= 15 is 0 Å². The van der Waals surface area contributed by atoms with Gasteiger partial charge in [-0.1, -0.05) is 11.6 Å². The fraction of sp³-hybridized carbons (Fsp3) is 0.545. The maximum absolute atomic E-state index is 9.11. The van der Waals surface area contributed by atoms with Gasteiger partial charge < -0.3 is 5.32 Å². The first-order valence-corrected chi connectivity index (χ1v) is 4.95. The predicted molar refractivity (Wildman–Crippen MR) is 49.9 cm³/mol. The van der Waals surface area contributed by atoms with Gasteiger partial charge in [0.1, 0.15) is 0 Å². The molecule has 2 nitrogen and oxygen atoms in total. The van der Waals surface area contributed by atoms with Crippen LogP contribution in [0.3, 0.4) is 0 Å². The van der Waals surface area contributed by atoms with Crippen molar-refractivity contribution in [2.45, 2.75) is 25.3 Å². The Hall–Kier alpha value is -1.07. The Kier molecular flexibility index (Phi) is 1.39. The quantitative estimate of drug-likeness (QED) is 0.601. The SMILES string of the molecule is N#CC1C2=C(C=C3CCNC31)CC2. The molecule has 1 heterocycles. The second-order valence-electron chi connectivity index (χ2n) is 4.06. The predicted octanol–water partition coefficient (Wildman–Crippen LogP) is 1.52. The van der Waals surface area contributed by atoms with E-state index in [-0.39, 0.29) is 5.92 Å². The number of hydrogen-bond acceptors (Lipinski definition) is 2. The lowest BCUT2D eigenvalue weighted by molar-refractivity contribution is 0.519. The van der Waals surface area contributed by atoms with E-state index in [0.29, 0.717) is 6.04 Å². The Morgan fingerprint density at radius 1 is 1.38 bits per heavy atom. The summed E-state index contributed by atoms with van der Waals surface area (Å²) in [7, 11) is 0. The van der Waals surface area contributed by atoms with Crippen molar-refractivity contribution in [1.29, 1.82) is 5.26 Å². The number of fused-ring (bicyclic) bond motifs is 1. The van der Waals surface area contributed by atoms with Crippen LogP contribution in [0.25, 0.3) is 0 Å². The van der Waals surface area contributed by atoms with Crippen molar-refractivity contribution in [1.82, 2.24) is 5.32 Å². The summed E-state index contributed by atoms with van der Waals surface area (Å²) < 4.78 is 0. The molecule has 0 aromatic carbocycles. The maximum Gasteiger partial charge on any atom is 0.0870 e. The minimum absolute atomic E-state index is 0.145. The molecule has 2 atom stereocenters. The van der Waals surface area contributed by atoms with Crippen LogP contribution in [0.2, 0.25) is 0 Å². The molecule has 0 aromatic rings. The van der Waals surface area contributed by atoms with Crippen LogP contribution in [0.15, 0.2) is 22.8 Å². The Morgan fingerprint density at radius 2 is 2.31 bits per heavy atom. The van der Waals surface area contributed by atoms with Crippen LogP contribution in [0.4, 0.5) is 0 Å². The summed E-state index contributed by atoms with van der Waals surface area (Å²) in [5.41, 5.74) is 4.33. The molecule has 1 saturated heterocycles. The highest BCUT2D eigenvalue weighted by Gasteiger charge is 2.38. The minimum atomic E-state index is 0.145. The van der Waals surface area contributed by atoms with Crippen molar-refractivity contribution >= 4 is 0 Å². The van der Waals surface area contributed by atoms with Gasteiger partial charge in [-0.25, -0.2) is 0 Å². The first-order chi connectivity index (χ1) is 6.40. The summed E-state index contributed by atoms with van der Waals surface area (Å²) >= 11 is 0. The summed E-state index contributed by atoms with van der Waals surface area (Å²) in [5.74, 6) is 0.145. The first kappa shape index (κ1) is 7.34. The maximum atomic E-state index is 9.11. The van der Waals surface area contributed by atoms with Crippen LogP contribution < -0.4 is 5.32 Å². The first-order valence-electron chi connectivity index (χ1n) is 4.95. The highest BCUT2D eigenvalue weighted by molar-refractivity contribution is 5.48. The topological polar surface area (TPSA) is 35.8 Å². The number of nitrogens with zero attached hydrogens (tertiary/aromatic N) is 1. The number of rotatable bonds is 0. The molecule has 1 aliphatic heterocycles. The van der Waals surface area contributed by atoms with Crippen LogP contribution >= 0.6 is 0 Å². The van der Waals surface area contributed by atoms with E-state index in [1.165, 1.54) is 23.1 Å². The Bertz CT molecular complexity index is 357. The molecule has 2 aliphatic carbocycles. The van der Waals surface area contributed by atoms with E-state index in [0.717, 1.165) is 19.4 Å². The molecule has 0 bridgehead atoms. The smallest absolute Gasteiger partial charge is 0.0870 e. The average Bonchev–Trinajstić information content (AvgIpc) is 2.55. The molecule has 1 fully saturated rings. The van der Waals surface area contributed by atoms with E-state index < -0.39 is 0 Å². The fourth-order valence-electron chi connectivity index (χ4n) is 2.66. The van der Waals surface area contributed by atoms with Crippen LogP contribution in [0.5, 0.6) is 0 Å². The van der Waals surface area contributed by atoms with E-state index in [1.54, 1.807) is 0 Å². The van der Waals surface area contributed by atoms with Gasteiger partial charge in [0.25, 0.3) is 0 Å². The zero-order chi connectivity index (χ0) is 8.84. The average molecular weight is 172 g/mol. The number of allylic oxidation sites excluding steroid dienone is 2. The molecule has 0 aromatic heterocycles. The van der Waals surface area contributed by atoms with Crippen molar-refractivity contribution in [3.63, 3.8) is 0 Å². The lowest BCUT2D eigenvalue weighted by Gasteiger charge is -2.34. The summed E-state index contributed by atoms with van der Waals surface area (Å²) in [4.78, 5) is 0. The Balaban J connectivity index is 2.06. The molecule has 0 spiro atoms. The van der Waals surface area contributed by atoms with Crippen LogP contribution in [-0.4, -0.2) is 12.6 Å². The highest BCUT2D eigenvalue weighted by Crippen LogP contribution is 2.43. The molecule has 0 radical (unpaired) electrons. The standard InChI is InChI=1S/C11H12N2/c12-6-10-9-2-1-7(9)5-8-3-4-13-11(8)10/h5,10-11,13H,1-4H2. The number of nitriles is 1. The molecule has 2 unspecified atom stereocenters. The molecule has 66 valence electrons. The number of hydrogen-bond donors (Lipinski definition) is 1. The van der Waals surface area contributed by atoms with Gasteiger partial charge >= 0.3 is 0 Å². The van der Waals surface area contributed by atoms with E-state index in [2.05, 4.69) is 17.5 Å². The molecule has 1 N–H and O–H groups in total. The summed E-state index contributed by atoms with van der Waals surface area (Å²) in [5, 5.41) is 12.5. The summed E-state index contributed by atoms with van der Waals surface area (Å²) in [6.07, 6.45) is 5.82. The molecule has 3 rings (SSSR count).